The van der Waals surface area contributed by atoms with Crippen molar-refractivity contribution < 1.29 is 19.9 Å². The number of carbonyl (C=O) groups is 1. The molecule has 1 aliphatic rings. The van der Waals surface area contributed by atoms with Crippen LogP contribution in [0.15, 0.2) is 0 Å². The van der Waals surface area contributed by atoms with Crippen LogP contribution in [-0.4, -0.2) is 43.0 Å². The van der Waals surface area contributed by atoms with Gasteiger partial charge in [0.2, 0.25) is 5.03 Å². The van der Waals surface area contributed by atoms with Gasteiger partial charge >= 0.3 is 5.91 Å². The van der Waals surface area contributed by atoms with Gasteiger partial charge in [-0.2, -0.15) is 0 Å². The van der Waals surface area contributed by atoms with Crippen LogP contribution in [0.5, 0.6) is 0 Å². The lowest BCUT2D eigenvalue weighted by Crippen LogP contribution is -2.52. The molecule has 1 rings (SSSR count). The smallest absolute Gasteiger partial charge is 0.263 e. The van der Waals surface area contributed by atoms with Gasteiger partial charge in [-0.05, 0) is 0 Å². The molecule has 0 aromatic rings. The number of amides is 1. The summed E-state index contributed by atoms with van der Waals surface area (Å²) in [7, 11) is 0. The van der Waals surface area contributed by atoms with E-state index in [-0.39, 0.29) is 5.12 Å². The van der Waals surface area contributed by atoms with E-state index in [0.717, 1.165) is 0 Å². The fourth-order valence-corrected chi connectivity index (χ4v) is 0.878. The lowest BCUT2D eigenvalue weighted by Gasteiger charge is -2.10. The normalized spacial score (nSPS) is 15.7. The minimum absolute atomic E-state index is 0.287. The summed E-state index contributed by atoms with van der Waals surface area (Å²) in [5, 5.41) is 25.1. The van der Waals surface area contributed by atoms with Crippen molar-refractivity contribution in [3.8, 4) is 0 Å². The summed E-state index contributed by atoms with van der Waals surface area (Å²) in [4.78, 5) is 41.5. The first kappa shape index (κ1) is 10.4. The first-order valence-corrected chi connectivity index (χ1v) is 3.19. The van der Waals surface area contributed by atoms with E-state index in [1.165, 1.54) is 0 Å². The van der Waals surface area contributed by atoms with Crippen molar-refractivity contribution in [3.05, 3.63) is 30.3 Å². The van der Waals surface area contributed by atoms with E-state index in [1.54, 1.807) is 0 Å². The zero-order valence-corrected chi connectivity index (χ0v) is 6.75. The SMILES string of the molecule is O=C1CN([N+](=O)[O-])N([N+](=O)[O-])N1[N+](=O)[O-]. The molecular weight excluding hydrogens is 220 g/mol. The highest BCUT2D eigenvalue weighted by Gasteiger charge is 2.58. The van der Waals surface area contributed by atoms with Crippen LogP contribution in [0.2, 0.25) is 0 Å². The van der Waals surface area contributed by atoms with E-state index in [1.807, 2.05) is 0 Å². The molecule has 1 fully saturated rings. The Morgan fingerprint density at radius 2 is 1.53 bits per heavy atom. The Balaban J connectivity index is 3.09. The fourth-order valence-electron chi connectivity index (χ4n) is 0.878. The van der Waals surface area contributed by atoms with E-state index in [9.17, 15) is 35.1 Å². The van der Waals surface area contributed by atoms with Crippen molar-refractivity contribution in [1.82, 2.24) is 15.5 Å². The molecule has 1 saturated heterocycles. The molecular formula is C2H2N6O7. The molecule has 0 spiro atoms. The third-order valence-electron chi connectivity index (χ3n) is 1.36. The minimum Gasteiger partial charge on any atom is -0.263 e. The molecule has 0 N–H and O–H groups in total. The zero-order valence-electron chi connectivity index (χ0n) is 6.75. The van der Waals surface area contributed by atoms with Gasteiger partial charge in [0.05, 0.1) is 5.12 Å². The summed E-state index contributed by atoms with van der Waals surface area (Å²) in [6.45, 7) is -1.07. The van der Waals surface area contributed by atoms with Crippen LogP contribution in [-0.2, 0) is 4.79 Å². The van der Waals surface area contributed by atoms with Gasteiger partial charge in [-0.3, -0.25) is 4.79 Å². The maximum atomic E-state index is 10.8. The molecule has 13 heteroatoms. The minimum atomic E-state index is -1.45. The van der Waals surface area contributed by atoms with Crippen molar-refractivity contribution >= 4 is 5.91 Å². The largest absolute Gasteiger partial charge is 0.344 e. The summed E-state index contributed by atoms with van der Waals surface area (Å²) < 4.78 is 0. The summed E-state index contributed by atoms with van der Waals surface area (Å²) in [6.07, 6.45) is 0. The molecule has 0 bridgehead atoms. The molecule has 82 valence electrons. The van der Waals surface area contributed by atoms with E-state index in [4.69, 9.17) is 0 Å². The van der Waals surface area contributed by atoms with Crippen LogP contribution in [0.25, 0.3) is 0 Å². The third kappa shape index (κ3) is 1.52. The maximum Gasteiger partial charge on any atom is 0.344 e. The average molecular weight is 222 g/mol. The number of hydrazine groups is 5. The molecule has 0 aromatic carbocycles. The zero-order chi connectivity index (χ0) is 11.7. The summed E-state index contributed by atoms with van der Waals surface area (Å²) in [6, 6.07) is 0. The number of hydrogen-bond donors (Lipinski definition) is 0. The Hall–Kier alpha value is -2.73. The lowest BCUT2D eigenvalue weighted by atomic mass is 10.6. The third-order valence-corrected chi connectivity index (χ3v) is 1.36. The maximum absolute atomic E-state index is 10.8. The van der Waals surface area contributed by atoms with E-state index in [2.05, 4.69) is 0 Å². The Kier molecular flexibility index (Phi) is 2.21. The molecule has 13 nitrogen and oxygen atoms in total. The highest BCUT2D eigenvalue weighted by molar-refractivity contribution is 5.77. The first-order valence-electron chi connectivity index (χ1n) is 3.19. The van der Waals surface area contributed by atoms with Gasteiger partial charge in [-0.15, -0.1) is 0 Å². The first-order chi connectivity index (χ1) is 6.86. The lowest BCUT2D eigenvalue weighted by molar-refractivity contribution is -0.903. The van der Waals surface area contributed by atoms with Gasteiger partial charge < -0.3 is 0 Å². The summed E-state index contributed by atoms with van der Waals surface area (Å²) in [5.41, 5.74) is 0. The number of carbonyl (C=O) groups excluding carboxylic acids is 1. The standard InChI is InChI=1S/C2H2N6O7/c9-2-1-3(6(10)11)5(8(14)15)4(2)7(12)13/h1H2. The number of hydrogen-bond acceptors (Lipinski definition) is 7. The molecule has 0 radical (unpaired) electrons. The number of rotatable bonds is 3. The highest BCUT2D eigenvalue weighted by atomic mass is 16.8. The monoisotopic (exact) mass is 222 g/mol. The van der Waals surface area contributed by atoms with Crippen molar-refractivity contribution in [2.75, 3.05) is 6.54 Å². The van der Waals surface area contributed by atoms with E-state index in [0.29, 0.717) is 0 Å². The molecule has 0 saturated carbocycles. The summed E-state index contributed by atoms with van der Waals surface area (Å²) >= 11 is 0. The molecule has 0 aliphatic carbocycles. The predicted molar refractivity (Wildman–Crippen MR) is 36.4 cm³/mol. The van der Waals surface area contributed by atoms with Crippen LogP contribution in [0.3, 0.4) is 0 Å². The van der Waals surface area contributed by atoms with Crippen LogP contribution in [0.1, 0.15) is 0 Å². The van der Waals surface area contributed by atoms with E-state index < -0.39 is 37.9 Å². The summed E-state index contributed by atoms with van der Waals surface area (Å²) in [5.74, 6) is -1.38. The second-order valence-electron chi connectivity index (χ2n) is 2.20. The van der Waals surface area contributed by atoms with Gasteiger partial charge in [0, 0.05) is 0 Å². The topological polar surface area (TPSA) is 156 Å². The van der Waals surface area contributed by atoms with Crippen molar-refractivity contribution in [3.63, 3.8) is 0 Å². The second kappa shape index (κ2) is 3.20. The molecule has 1 amide bonds. The van der Waals surface area contributed by atoms with Crippen molar-refractivity contribution in [1.29, 1.82) is 0 Å². The van der Waals surface area contributed by atoms with Gasteiger partial charge in [0.1, 0.15) is 5.12 Å². The number of nitrogens with zero attached hydrogens (tertiary/aromatic N) is 6. The van der Waals surface area contributed by atoms with Crippen LogP contribution < -0.4 is 0 Å². The predicted octanol–water partition coefficient (Wildman–Crippen LogP) is -2.16. The van der Waals surface area contributed by atoms with E-state index >= 15 is 0 Å². The van der Waals surface area contributed by atoms with Crippen LogP contribution in [0, 0.1) is 30.3 Å². The molecule has 1 aliphatic heterocycles. The van der Waals surface area contributed by atoms with Gasteiger partial charge in [-0.25, -0.2) is 30.3 Å². The quantitative estimate of drug-likeness (QED) is 0.382. The highest BCUT2D eigenvalue weighted by Crippen LogP contribution is 2.13. The molecule has 1 heterocycles. The molecule has 0 atom stereocenters. The Morgan fingerprint density at radius 3 is 1.87 bits per heavy atom. The molecule has 15 heavy (non-hydrogen) atoms. The molecule has 0 aromatic heterocycles. The van der Waals surface area contributed by atoms with Gasteiger partial charge in [0.15, 0.2) is 21.8 Å². The van der Waals surface area contributed by atoms with Crippen molar-refractivity contribution in [2.45, 2.75) is 0 Å². The Morgan fingerprint density at radius 1 is 1.00 bits per heavy atom. The van der Waals surface area contributed by atoms with Gasteiger partial charge in [0.25, 0.3) is 0 Å². The van der Waals surface area contributed by atoms with Crippen molar-refractivity contribution in [2.24, 2.45) is 0 Å². The second-order valence-corrected chi connectivity index (χ2v) is 2.20. The fraction of sp³-hybridized carbons (Fsp3) is 0.500. The number of nitro groups is 3. The van der Waals surface area contributed by atoms with Crippen LogP contribution in [0.4, 0.5) is 0 Å². The average Bonchev–Trinajstić information content (AvgIpc) is 2.42. The van der Waals surface area contributed by atoms with Gasteiger partial charge in [-0.1, -0.05) is 0 Å². The Labute approximate surface area is 79.3 Å². The van der Waals surface area contributed by atoms with Crippen LogP contribution >= 0.6 is 0 Å². The molecule has 0 unspecified atom stereocenters. The Bertz CT molecular complexity index is 351.